The van der Waals surface area contributed by atoms with Gasteiger partial charge in [0.15, 0.2) is 5.96 Å². The van der Waals surface area contributed by atoms with Crippen LogP contribution in [0.4, 0.5) is 4.79 Å². The third-order valence-electron chi connectivity index (χ3n) is 3.04. The molecule has 0 spiro atoms. The molecule has 0 aromatic heterocycles. The number of guanidine groups is 1. The summed E-state index contributed by atoms with van der Waals surface area (Å²) in [5.74, 6) is 0.972. The number of ether oxygens (including phenoxy) is 2. The lowest BCUT2D eigenvalue weighted by molar-refractivity contribution is 0.0491. The quantitative estimate of drug-likeness (QED) is 0.225. The van der Waals surface area contributed by atoms with Crippen LogP contribution in [0.15, 0.2) is 4.99 Å². The average molecular weight is 458 g/mol. The van der Waals surface area contributed by atoms with Crippen molar-refractivity contribution in [3.8, 4) is 0 Å². The highest BCUT2D eigenvalue weighted by Crippen LogP contribution is 2.08. The molecule has 0 aliphatic carbocycles. The molecule has 0 saturated carbocycles. The minimum atomic E-state index is -0.502. The molecule has 0 aliphatic rings. The summed E-state index contributed by atoms with van der Waals surface area (Å²) in [6, 6.07) is -0.0534. The number of amides is 1. The Labute approximate surface area is 163 Å². The van der Waals surface area contributed by atoms with Crippen molar-refractivity contribution in [1.29, 1.82) is 0 Å². The number of nitrogens with zero attached hydrogens (tertiary/aromatic N) is 1. The first kappa shape index (κ1) is 25.5. The highest BCUT2D eigenvalue weighted by Gasteiger charge is 2.21. The van der Waals surface area contributed by atoms with Gasteiger partial charge in [0.25, 0.3) is 0 Å². The van der Waals surface area contributed by atoms with Gasteiger partial charge in [-0.3, -0.25) is 4.99 Å². The van der Waals surface area contributed by atoms with Gasteiger partial charge in [-0.1, -0.05) is 13.8 Å². The van der Waals surface area contributed by atoms with E-state index in [4.69, 9.17) is 9.47 Å². The van der Waals surface area contributed by atoms with Crippen LogP contribution in [0, 0.1) is 5.92 Å². The second kappa shape index (κ2) is 13.5. The largest absolute Gasteiger partial charge is 0.444 e. The predicted octanol–water partition coefficient (Wildman–Crippen LogP) is 2.36. The Kier molecular flexibility index (Phi) is 14.3. The van der Waals surface area contributed by atoms with Crippen molar-refractivity contribution in [2.75, 3.05) is 33.9 Å². The van der Waals surface area contributed by atoms with Gasteiger partial charge >= 0.3 is 6.09 Å². The number of nitrogens with one attached hydrogen (secondary N) is 3. The highest BCUT2D eigenvalue weighted by molar-refractivity contribution is 14.0. The Morgan fingerprint density at radius 1 is 1.21 bits per heavy atom. The molecule has 1 amide bonds. The molecule has 24 heavy (non-hydrogen) atoms. The molecule has 0 aliphatic heterocycles. The summed E-state index contributed by atoms with van der Waals surface area (Å²) < 4.78 is 10.3. The Bertz CT molecular complexity index is 371. The summed E-state index contributed by atoms with van der Waals surface area (Å²) in [6.07, 6.45) is 0.502. The van der Waals surface area contributed by atoms with E-state index in [2.05, 4.69) is 34.8 Å². The van der Waals surface area contributed by atoms with Gasteiger partial charge in [-0.15, -0.1) is 24.0 Å². The summed E-state index contributed by atoms with van der Waals surface area (Å²) in [5.41, 5.74) is -0.502. The zero-order valence-electron chi connectivity index (χ0n) is 16.1. The molecule has 0 fully saturated rings. The highest BCUT2D eigenvalue weighted by atomic mass is 127. The molecule has 144 valence electrons. The summed E-state index contributed by atoms with van der Waals surface area (Å²) in [4.78, 5) is 16.1. The van der Waals surface area contributed by atoms with Gasteiger partial charge in [0.05, 0.1) is 6.04 Å². The molecule has 3 N–H and O–H groups in total. The molecule has 0 heterocycles. The number of carbonyl (C=O) groups is 1. The van der Waals surface area contributed by atoms with Gasteiger partial charge in [0.1, 0.15) is 5.60 Å². The molecule has 0 radical (unpaired) electrons. The second-order valence-corrected chi connectivity index (χ2v) is 6.72. The monoisotopic (exact) mass is 458 g/mol. The van der Waals surface area contributed by atoms with Gasteiger partial charge in [-0.05, 0) is 33.1 Å². The maximum absolute atomic E-state index is 11.9. The van der Waals surface area contributed by atoms with Crippen LogP contribution in [0.1, 0.15) is 41.0 Å². The lowest BCUT2D eigenvalue weighted by Gasteiger charge is -2.26. The first-order valence-electron chi connectivity index (χ1n) is 8.12. The third-order valence-corrected chi connectivity index (χ3v) is 3.04. The number of alkyl carbamates (subject to hydrolysis) is 1. The normalized spacial score (nSPS) is 13.1. The Balaban J connectivity index is 0. The van der Waals surface area contributed by atoms with Crippen LogP contribution in [0.25, 0.3) is 0 Å². The molecular formula is C16H35IN4O3. The van der Waals surface area contributed by atoms with Crippen molar-refractivity contribution >= 4 is 36.0 Å². The standard InChI is InChI=1S/C16H34N4O3.HI/c1-12(2)13(20-15(21)23-16(3,4)5)11-19-14(17-6)18-9-8-10-22-7;/h12-13H,8-11H2,1-7H3,(H,20,21)(H2,17,18,19);1H. The van der Waals surface area contributed by atoms with Crippen LogP contribution in [0.2, 0.25) is 0 Å². The van der Waals surface area contributed by atoms with E-state index in [9.17, 15) is 4.79 Å². The van der Waals surface area contributed by atoms with Crippen LogP contribution in [0.5, 0.6) is 0 Å². The molecule has 0 aromatic rings. The third kappa shape index (κ3) is 13.6. The van der Waals surface area contributed by atoms with Crippen molar-refractivity contribution in [2.24, 2.45) is 10.9 Å². The number of methoxy groups -OCH3 is 1. The lowest BCUT2D eigenvalue weighted by Crippen LogP contribution is -2.50. The first-order chi connectivity index (χ1) is 10.7. The smallest absolute Gasteiger partial charge is 0.407 e. The minimum absolute atomic E-state index is 0. The van der Waals surface area contributed by atoms with E-state index >= 15 is 0 Å². The van der Waals surface area contributed by atoms with E-state index in [-0.39, 0.29) is 35.9 Å². The Hall–Kier alpha value is -0.770. The van der Waals surface area contributed by atoms with Crippen molar-refractivity contribution in [2.45, 2.75) is 52.7 Å². The van der Waals surface area contributed by atoms with E-state index in [1.54, 1.807) is 14.2 Å². The Morgan fingerprint density at radius 3 is 2.29 bits per heavy atom. The fourth-order valence-corrected chi connectivity index (χ4v) is 1.76. The van der Waals surface area contributed by atoms with E-state index < -0.39 is 11.7 Å². The Morgan fingerprint density at radius 2 is 1.83 bits per heavy atom. The zero-order chi connectivity index (χ0) is 17.9. The average Bonchev–Trinajstić information content (AvgIpc) is 2.42. The van der Waals surface area contributed by atoms with E-state index in [1.807, 2.05) is 20.8 Å². The van der Waals surface area contributed by atoms with E-state index in [0.29, 0.717) is 19.1 Å². The minimum Gasteiger partial charge on any atom is -0.444 e. The molecule has 0 saturated heterocycles. The molecule has 1 atom stereocenters. The second-order valence-electron chi connectivity index (χ2n) is 6.72. The number of carbonyl (C=O) groups excluding carboxylic acids is 1. The number of hydrogen-bond acceptors (Lipinski definition) is 4. The van der Waals surface area contributed by atoms with Crippen LogP contribution in [-0.4, -0.2) is 57.5 Å². The molecule has 8 heteroatoms. The van der Waals surface area contributed by atoms with Gasteiger partial charge in [0.2, 0.25) is 0 Å². The molecule has 1 unspecified atom stereocenters. The summed E-state index contributed by atoms with van der Waals surface area (Å²) in [7, 11) is 3.40. The number of hydrogen-bond donors (Lipinski definition) is 3. The van der Waals surface area contributed by atoms with Crippen LogP contribution >= 0.6 is 24.0 Å². The lowest BCUT2D eigenvalue weighted by atomic mass is 10.0. The van der Waals surface area contributed by atoms with Crippen molar-refractivity contribution < 1.29 is 14.3 Å². The fourth-order valence-electron chi connectivity index (χ4n) is 1.76. The SMILES string of the molecule is CN=C(NCCCOC)NCC(NC(=O)OC(C)(C)C)C(C)C.I. The molecular weight excluding hydrogens is 423 g/mol. The van der Waals surface area contributed by atoms with Crippen molar-refractivity contribution in [1.82, 2.24) is 16.0 Å². The van der Waals surface area contributed by atoms with Gasteiger partial charge < -0.3 is 25.4 Å². The topological polar surface area (TPSA) is 84.0 Å². The molecule has 0 bridgehead atoms. The van der Waals surface area contributed by atoms with Gasteiger partial charge in [-0.2, -0.15) is 0 Å². The summed E-state index contributed by atoms with van der Waals surface area (Å²) in [6.45, 7) is 11.7. The van der Waals surface area contributed by atoms with Crippen LogP contribution < -0.4 is 16.0 Å². The van der Waals surface area contributed by atoms with Crippen molar-refractivity contribution in [3.63, 3.8) is 0 Å². The number of rotatable bonds is 8. The summed E-state index contributed by atoms with van der Waals surface area (Å²) in [5, 5.41) is 9.33. The molecule has 0 rings (SSSR count). The van der Waals surface area contributed by atoms with Gasteiger partial charge in [-0.25, -0.2) is 4.79 Å². The maximum atomic E-state index is 11.9. The molecule has 0 aromatic carbocycles. The van der Waals surface area contributed by atoms with E-state index in [1.165, 1.54) is 0 Å². The predicted molar refractivity (Wildman–Crippen MR) is 109 cm³/mol. The number of halogens is 1. The van der Waals surface area contributed by atoms with Gasteiger partial charge in [0, 0.05) is 33.9 Å². The van der Waals surface area contributed by atoms with E-state index in [0.717, 1.165) is 13.0 Å². The summed E-state index contributed by atoms with van der Waals surface area (Å²) >= 11 is 0. The maximum Gasteiger partial charge on any atom is 0.407 e. The van der Waals surface area contributed by atoms with Crippen molar-refractivity contribution in [3.05, 3.63) is 0 Å². The fraction of sp³-hybridized carbons (Fsp3) is 0.875. The van der Waals surface area contributed by atoms with Crippen LogP contribution in [-0.2, 0) is 9.47 Å². The molecule has 7 nitrogen and oxygen atoms in total. The number of aliphatic imine (C=N–C) groups is 1. The zero-order valence-corrected chi connectivity index (χ0v) is 18.4. The first-order valence-corrected chi connectivity index (χ1v) is 8.12. The van der Waals surface area contributed by atoms with Crippen LogP contribution in [0.3, 0.4) is 0 Å².